The summed E-state index contributed by atoms with van der Waals surface area (Å²) in [4.78, 5) is 21.5. The van der Waals surface area contributed by atoms with Gasteiger partial charge in [0.25, 0.3) is 5.91 Å². The van der Waals surface area contributed by atoms with Gasteiger partial charge in [0, 0.05) is 18.7 Å². The molecule has 1 saturated heterocycles. The van der Waals surface area contributed by atoms with Crippen molar-refractivity contribution in [2.24, 2.45) is 0 Å². The molecule has 0 unspecified atom stereocenters. The number of ether oxygens (including phenoxy) is 1. The third-order valence-corrected chi connectivity index (χ3v) is 3.33. The number of carbonyl (C=O) groups excluding carboxylic acids is 1. The number of hydrogen-bond acceptors (Lipinski definition) is 4. The van der Waals surface area contributed by atoms with E-state index in [1.807, 2.05) is 30.3 Å². The lowest BCUT2D eigenvalue weighted by Crippen LogP contribution is -2.33. The Labute approximate surface area is 122 Å². The molecule has 1 fully saturated rings. The van der Waals surface area contributed by atoms with Crippen LogP contribution in [0.1, 0.15) is 29.8 Å². The van der Waals surface area contributed by atoms with Crippen molar-refractivity contribution in [3.63, 3.8) is 0 Å². The highest BCUT2D eigenvalue weighted by Crippen LogP contribution is 2.14. The summed E-state index contributed by atoms with van der Waals surface area (Å²) in [5.41, 5.74) is 3.72. The van der Waals surface area contributed by atoms with Gasteiger partial charge in [-0.1, -0.05) is 18.2 Å². The van der Waals surface area contributed by atoms with Gasteiger partial charge in [0.2, 0.25) is 0 Å². The topological polar surface area (TPSA) is 65.4 Å². The van der Waals surface area contributed by atoms with Crippen LogP contribution in [-0.2, 0) is 9.57 Å². The first-order valence-electron chi connectivity index (χ1n) is 7.00. The highest BCUT2D eigenvalue weighted by atomic mass is 16.8. The second-order valence-corrected chi connectivity index (χ2v) is 4.83. The average molecular weight is 287 g/mol. The van der Waals surface area contributed by atoms with E-state index < -0.39 is 0 Å². The largest absolute Gasteiger partial charge is 0.350 e. The molecule has 3 rings (SSSR count). The molecule has 1 aromatic carbocycles. The van der Waals surface area contributed by atoms with Gasteiger partial charge in [0.05, 0.1) is 12.5 Å². The van der Waals surface area contributed by atoms with Crippen LogP contribution in [0.25, 0.3) is 5.69 Å². The van der Waals surface area contributed by atoms with E-state index in [1.54, 1.807) is 10.9 Å². The molecule has 1 atom stereocenters. The maximum atomic E-state index is 12.2. The van der Waals surface area contributed by atoms with Crippen molar-refractivity contribution in [1.82, 2.24) is 15.0 Å². The molecule has 0 spiro atoms. The second-order valence-electron chi connectivity index (χ2n) is 4.83. The Balaban J connectivity index is 1.66. The molecule has 2 heterocycles. The van der Waals surface area contributed by atoms with Crippen molar-refractivity contribution >= 4 is 5.91 Å². The Morgan fingerprint density at radius 1 is 1.33 bits per heavy atom. The molecule has 21 heavy (non-hydrogen) atoms. The predicted molar refractivity (Wildman–Crippen MR) is 75.7 cm³/mol. The lowest BCUT2D eigenvalue weighted by Gasteiger charge is -2.22. The summed E-state index contributed by atoms with van der Waals surface area (Å²) in [6.07, 6.45) is 5.61. The highest BCUT2D eigenvalue weighted by molar-refractivity contribution is 5.92. The van der Waals surface area contributed by atoms with Crippen LogP contribution in [0.5, 0.6) is 0 Å². The molecule has 0 saturated carbocycles. The van der Waals surface area contributed by atoms with Crippen molar-refractivity contribution < 1.29 is 14.4 Å². The fourth-order valence-electron chi connectivity index (χ4n) is 2.23. The lowest BCUT2D eigenvalue weighted by atomic mass is 10.2. The van der Waals surface area contributed by atoms with Crippen LogP contribution in [0.4, 0.5) is 0 Å². The van der Waals surface area contributed by atoms with Crippen molar-refractivity contribution in [1.29, 1.82) is 0 Å². The van der Waals surface area contributed by atoms with Gasteiger partial charge < -0.3 is 4.74 Å². The van der Waals surface area contributed by atoms with Gasteiger partial charge in [-0.05, 0) is 25.0 Å². The fourth-order valence-corrected chi connectivity index (χ4v) is 2.23. The number of nitrogens with one attached hydrogen (secondary N) is 1. The number of benzene rings is 1. The molecular formula is C15H17N3O3. The van der Waals surface area contributed by atoms with Gasteiger partial charge in [0.1, 0.15) is 5.69 Å². The first-order chi connectivity index (χ1) is 10.3. The molecule has 0 radical (unpaired) electrons. The number of amides is 1. The Morgan fingerprint density at radius 3 is 2.95 bits per heavy atom. The number of nitrogens with zero attached hydrogens (tertiary/aromatic N) is 2. The minimum absolute atomic E-state index is 0.342. The Morgan fingerprint density at radius 2 is 2.19 bits per heavy atom. The maximum absolute atomic E-state index is 12.2. The number of carbonyl (C=O) groups is 1. The van der Waals surface area contributed by atoms with E-state index in [1.165, 1.54) is 6.20 Å². The molecule has 6 heteroatoms. The Kier molecular flexibility index (Phi) is 4.28. The zero-order valence-corrected chi connectivity index (χ0v) is 11.6. The third-order valence-electron chi connectivity index (χ3n) is 3.33. The van der Waals surface area contributed by atoms with Crippen LogP contribution in [0, 0.1) is 0 Å². The van der Waals surface area contributed by atoms with Crippen LogP contribution >= 0.6 is 0 Å². The van der Waals surface area contributed by atoms with Gasteiger partial charge in [0.15, 0.2) is 6.29 Å². The summed E-state index contributed by atoms with van der Waals surface area (Å²) in [5.74, 6) is -0.342. The van der Waals surface area contributed by atoms with E-state index in [9.17, 15) is 4.79 Å². The molecule has 2 aromatic rings. The van der Waals surface area contributed by atoms with Gasteiger partial charge in [-0.2, -0.15) is 0 Å². The number of hydroxylamine groups is 1. The zero-order chi connectivity index (χ0) is 14.5. The quantitative estimate of drug-likeness (QED) is 0.874. The summed E-state index contributed by atoms with van der Waals surface area (Å²) >= 11 is 0. The molecule has 1 aromatic heterocycles. The van der Waals surface area contributed by atoms with E-state index in [0.29, 0.717) is 12.3 Å². The molecule has 110 valence electrons. The summed E-state index contributed by atoms with van der Waals surface area (Å²) in [6, 6.07) is 9.55. The first-order valence-corrected chi connectivity index (χ1v) is 7.00. The van der Waals surface area contributed by atoms with Gasteiger partial charge in [-0.3, -0.25) is 9.36 Å². The molecular weight excluding hydrogens is 270 g/mol. The predicted octanol–water partition coefficient (Wildman–Crippen LogP) is 2.06. The lowest BCUT2D eigenvalue weighted by molar-refractivity contribution is -0.186. The fraction of sp³-hybridized carbons (Fsp3) is 0.333. The van der Waals surface area contributed by atoms with Crippen molar-refractivity contribution in [2.45, 2.75) is 25.6 Å². The van der Waals surface area contributed by atoms with Crippen LogP contribution < -0.4 is 5.48 Å². The van der Waals surface area contributed by atoms with Crippen molar-refractivity contribution in [3.8, 4) is 5.69 Å². The molecule has 0 aliphatic carbocycles. The van der Waals surface area contributed by atoms with Gasteiger partial charge >= 0.3 is 0 Å². The number of imidazole rings is 1. The van der Waals surface area contributed by atoms with E-state index in [4.69, 9.17) is 9.57 Å². The summed E-state index contributed by atoms with van der Waals surface area (Å²) in [5, 5.41) is 0. The van der Waals surface area contributed by atoms with Crippen LogP contribution in [-0.4, -0.2) is 28.4 Å². The van der Waals surface area contributed by atoms with E-state index in [-0.39, 0.29) is 12.2 Å². The molecule has 1 N–H and O–H groups in total. The number of rotatable bonds is 4. The molecule has 1 aliphatic heterocycles. The van der Waals surface area contributed by atoms with Gasteiger partial charge in [-0.25, -0.2) is 15.3 Å². The third kappa shape index (κ3) is 3.29. The second kappa shape index (κ2) is 6.51. The molecule has 6 nitrogen and oxygen atoms in total. The van der Waals surface area contributed by atoms with Gasteiger partial charge in [-0.15, -0.1) is 0 Å². The maximum Gasteiger partial charge on any atom is 0.293 e. The van der Waals surface area contributed by atoms with E-state index in [0.717, 1.165) is 24.9 Å². The zero-order valence-electron chi connectivity index (χ0n) is 11.6. The van der Waals surface area contributed by atoms with Crippen LogP contribution in [0.2, 0.25) is 0 Å². The van der Waals surface area contributed by atoms with E-state index >= 15 is 0 Å². The molecule has 0 bridgehead atoms. The summed E-state index contributed by atoms with van der Waals surface area (Å²) in [6.45, 7) is 0.669. The SMILES string of the molecule is O=C(NO[C@@H]1CCCCO1)c1cncn1-c1ccccc1. The highest BCUT2D eigenvalue weighted by Gasteiger charge is 2.18. The van der Waals surface area contributed by atoms with Crippen molar-refractivity contribution in [3.05, 3.63) is 48.5 Å². The van der Waals surface area contributed by atoms with Crippen molar-refractivity contribution in [2.75, 3.05) is 6.61 Å². The molecule has 1 amide bonds. The minimum atomic E-state index is -0.365. The summed E-state index contributed by atoms with van der Waals surface area (Å²) in [7, 11) is 0. The first kappa shape index (κ1) is 13.8. The smallest absolute Gasteiger partial charge is 0.293 e. The minimum Gasteiger partial charge on any atom is -0.350 e. The number of para-hydroxylation sites is 1. The number of hydrogen-bond donors (Lipinski definition) is 1. The van der Waals surface area contributed by atoms with Crippen LogP contribution in [0.3, 0.4) is 0 Å². The Bertz CT molecular complexity index is 591. The van der Waals surface area contributed by atoms with Crippen LogP contribution in [0.15, 0.2) is 42.9 Å². The monoisotopic (exact) mass is 287 g/mol. The molecule has 1 aliphatic rings. The number of aromatic nitrogens is 2. The normalized spacial score (nSPS) is 18.4. The van der Waals surface area contributed by atoms with E-state index in [2.05, 4.69) is 10.5 Å². The average Bonchev–Trinajstić information content (AvgIpc) is 3.04. The Hall–Kier alpha value is -2.18. The standard InChI is InChI=1S/C15H17N3O3/c19-15(17-21-14-8-4-5-9-20-14)13-10-16-11-18(13)12-6-2-1-3-7-12/h1-3,6-7,10-11,14H,4-5,8-9H2,(H,17,19)/t14-/m1/s1. The summed E-state index contributed by atoms with van der Waals surface area (Å²) < 4.78 is 7.11.